The molecule has 1 heterocycles. The van der Waals surface area contributed by atoms with Crippen molar-refractivity contribution in [2.45, 2.75) is 25.4 Å². The van der Waals surface area contributed by atoms with Crippen molar-refractivity contribution in [1.82, 2.24) is 15.5 Å². The number of hydrogen-bond acceptors (Lipinski definition) is 4. The van der Waals surface area contributed by atoms with Gasteiger partial charge in [-0.15, -0.1) is 0 Å². The number of amides is 1. The molecule has 1 aromatic rings. The molecular formula is C17H22FN5O2. The molecule has 0 aromatic heterocycles. The van der Waals surface area contributed by atoms with E-state index in [1.165, 1.54) is 25.3 Å². The van der Waals surface area contributed by atoms with Crippen molar-refractivity contribution in [2.75, 3.05) is 27.2 Å². The van der Waals surface area contributed by atoms with Gasteiger partial charge in [0.05, 0.1) is 18.7 Å². The number of carbonyl (C=O) groups is 1. The third-order valence-corrected chi connectivity index (χ3v) is 4.11. The molecule has 1 amide bonds. The van der Waals surface area contributed by atoms with Crippen LogP contribution in [0.5, 0.6) is 0 Å². The molecule has 0 aliphatic carbocycles. The molecule has 0 atom stereocenters. The van der Waals surface area contributed by atoms with Crippen molar-refractivity contribution in [1.29, 1.82) is 5.26 Å². The van der Waals surface area contributed by atoms with Crippen LogP contribution in [0.2, 0.25) is 0 Å². The highest BCUT2D eigenvalue weighted by Crippen LogP contribution is 2.12. The van der Waals surface area contributed by atoms with Gasteiger partial charge in [-0.3, -0.25) is 4.99 Å². The number of halogens is 1. The molecule has 1 aromatic carbocycles. The van der Waals surface area contributed by atoms with Crippen LogP contribution in [0.3, 0.4) is 0 Å². The summed E-state index contributed by atoms with van der Waals surface area (Å²) in [5.74, 6) is 0.187. The standard InChI is InChI=1S/C17H22FN5O2/c1-20-16(21-11-13-9-12(10-19)3-4-15(13)18)22-14-5-7-23(8-6-14)17(24)25-2/h3-4,9,14H,5-8,11H2,1-2H3,(H2,20,21,22). The van der Waals surface area contributed by atoms with Gasteiger partial charge in [-0.2, -0.15) is 5.26 Å². The third kappa shape index (κ3) is 5.08. The van der Waals surface area contributed by atoms with Gasteiger partial charge in [0.25, 0.3) is 0 Å². The quantitative estimate of drug-likeness (QED) is 0.640. The van der Waals surface area contributed by atoms with Gasteiger partial charge in [0, 0.05) is 38.3 Å². The van der Waals surface area contributed by atoms with Gasteiger partial charge in [0.1, 0.15) is 5.82 Å². The largest absolute Gasteiger partial charge is 0.453 e. The summed E-state index contributed by atoms with van der Waals surface area (Å²) in [4.78, 5) is 17.3. The fourth-order valence-electron chi connectivity index (χ4n) is 2.68. The zero-order chi connectivity index (χ0) is 18.2. The van der Waals surface area contributed by atoms with Crippen molar-refractivity contribution in [3.8, 4) is 6.07 Å². The van der Waals surface area contributed by atoms with E-state index in [1.807, 2.05) is 6.07 Å². The molecule has 1 saturated heterocycles. The first-order valence-electron chi connectivity index (χ1n) is 8.06. The first-order chi connectivity index (χ1) is 12.1. The number of carbonyl (C=O) groups excluding carboxylic acids is 1. The summed E-state index contributed by atoms with van der Waals surface area (Å²) in [6.45, 7) is 1.45. The van der Waals surface area contributed by atoms with Crippen molar-refractivity contribution in [2.24, 2.45) is 4.99 Å². The Bertz CT molecular complexity index is 678. The van der Waals surface area contributed by atoms with Gasteiger partial charge in [-0.1, -0.05) is 0 Å². The Morgan fingerprint density at radius 1 is 1.48 bits per heavy atom. The molecule has 2 rings (SSSR count). The lowest BCUT2D eigenvalue weighted by Crippen LogP contribution is -2.49. The summed E-state index contributed by atoms with van der Waals surface area (Å²) in [6.07, 6.45) is 1.23. The Morgan fingerprint density at radius 3 is 2.80 bits per heavy atom. The average Bonchev–Trinajstić information content (AvgIpc) is 2.66. The maximum Gasteiger partial charge on any atom is 0.409 e. The molecule has 1 fully saturated rings. The lowest BCUT2D eigenvalue weighted by atomic mass is 10.1. The number of hydrogen-bond donors (Lipinski definition) is 2. The van der Waals surface area contributed by atoms with E-state index >= 15 is 0 Å². The molecule has 7 nitrogen and oxygen atoms in total. The molecular weight excluding hydrogens is 325 g/mol. The minimum atomic E-state index is -0.367. The minimum absolute atomic E-state index is 0.169. The summed E-state index contributed by atoms with van der Waals surface area (Å²) in [6, 6.07) is 6.42. The van der Waals surface area contributed by atoms with Gasteiger partial charge in [-0.05, 0) is 31.0 Å². The van der Waals surface area contributed by atoms with Crippen LogP contribution in [0.25, 0.3) is 0 Å². The van der Waals surface area contributed by atoms with Gasteiger partial charge < -0.3 is 20.3 Å². The third-order valence-electron chi connectivity index (χ3n) is 4.11. The number of nitrogens with one attached hydrogen (secondary N) is 2. The molecule has 0 unspecified atom stereocenters. The molecule has 0 radical (unpaired) electrons. The average molecular weight is 347 g/mol. The summed E-state index contributed by atoms with van der Waals surface area (Å²) in [5.41, 5.74) is 0.818. The maximum atomic E-state index is 13.8. The fourth-order valence-corrected chi connectivity index (χ4v) is 2.68. The highest BCUT2D eigenvalue weighted by Gasteiger charge is 2.23. The second-order valence-electron chi connectivity index (χ2n) is 5.72. The topological polar surface area (TPSA) is 89.8 Å². The molecule has 1 aliphatic heterocycles. The fraction of sp³-hybridized carbons (Fsp3) is 0.471. The van der Waals surface area contributed by atoms with Gasteiger partial charge in [0.2, 0.25) is 0 Å². The normalized spacial score (nSPS) is 15.4. The number of methoxy groups -OCH3 is 1. The predicted molar refractivity (Wildman–Crippen MR) is 91.4 cm³/mol. The number of likely N-dealkylation sites (tertiary alicyclic amines) is 1. The summed E-state index contributed by atoms with van der Waals surface area (Å²) in [7, 11) is 3.01. The van der Waals surface area contributed by atoms with Crippen molar-refractivity contribution >= 4 is 12.1 Å². The van der Waals surface area contributed by atoms with E-state index in [1.54, 1.807) is 11.9 Å². The number of rotatable bonds is 3. The summed E-state index contributed by atoms with van der Waals surface area (Å²) in [5, 5.41) is 15.2. The van der Waals surface area contributed by atoms with E-state index < -0.39 is 0 Å². The number of nitrogens with zero attached hydrogens (tertiary/aromatic N) is 3. The Hall–Kier alpha value is -2.82. The molecule has 8 heteroatoms. The van der Waals surface area contributed by atoms with Gasteiger partial charge in [-0.25, -0.2) is 9.18 Å². The van der Waals surface area contributed by atoms with E-state index in [2.05, 4.69) is 15.6 Å². The predicted octanol–water partition coefficient (Wildman–Crippen LogP) is 1.59. The van der Waals surface area contributed by atoms with E-state index in [0.29, 0.717) is 30.2 Å². The van der Waals surface area contributed by atoms with Crippen LogP contribution in [0.1, 0.15) is 24.0 Å². The van der Waals surface area contributed by atoms with Gasteiger partial charge >= 0.3 is 6.09 Å². The number of nitriles is 1. The monoisotopic (exact) mass is 347 g/mol. The van der Waals surface area contributed by atoms with Gasteiger partial charge in [0.15, 0.2) is 5.96 Å². The zero-order valence-electron chi connectivity index (χ0n) is 14.4. The molecule has 25 heavy (non-hydrogen) atoms. The summed E-state index contributed by atoms with van der Waals surface area (Å²) >= 11 is 0. The smallest absolute Gasteiger partial charge is 0.409 e. The minimum Gasteiger partial charge on any atom is -0.453 e. The van der Waals surface area contributed by atoms with Crippen LogP contribution in [-0.4, -0.2) is 50.2 Å². The second kappa shape index (κ2) is 8.87. The zero-order valence-corrected chi connectivity index (χ0v) is 14.4. The van der Waals surface area contributed by atoms with E-state index in [4.69, 9.17) is 10.00 Å². The van der Waals surface area contributed by atoms with Crippen molar-refractivity contribution in [3.05, 3.63) is 35.1 Å². The molecule has 0 saturated carbocycles. The molecule has 0 spiro atoms. The Kier molecular flexibility index (Phi) is 6.57. The number of ether oxygens (including phenoxy) is 1. The number of guanidine groups is 1. The Labute approximate surface area is 146 Å². The van der Waals surface area contributed by atoms with Crippen molar-refractivity contribution in [3.63, 3.8) is 0 Å². The van der Waals surface area contributed by atoms with Crippen LogP contribution in [0.4, 0.5) is 9.18 Å². The lowest BCUT2D eigenvalue weighted by molar-refractivity contribution is 0.111. The second-order valence-corrected chi connectivity index (χ2v) is 5.72. The molecule has 2 N–H and O–H groups in total. The van der Waals surface area contributed by atoms with Crippen LogP contribution in [-0.2, 0) is 11.3 Å². The number of piperidine rings is 1. The Morgan fingerprint density at radius 2 is 2.20 bits per heavy atom. The molecule has 134 valence electrons. The number of aliphatic imine (C=N–C) groups is 1. The highest BCUT2D eigenvalue weighted by atomic mass is 19.1. The first-order valence-corrected chi connectivity index (χ1v) is 8.06. The van der Waals surface area contributed by atoms with Crippen LogP contribution in [0.15, 0.2) is 23.2 Å². The van der Waals surface area contributed by atoms with E-state index in [9.17, 15) is 9.18 Å². The summed E-state index contributed by atoms with van der Waals surface area (Å²) < 4.78 is 18.5. The lowest BCUT2D eigenvalue weighted by Gasteiger charge is -2.32. The Balaban J connectivity index is 1.86. The SMILES string of the molecule is CN=C(NCc1cc(C#N)ccc1F)NC1CCN(C(=O)OC)CC1. The maximum absolute atomic E-state index is 13.8. The van der Waals surface area contributed by atoms with Crippen LogP contribution in [0, 0.1) is 17.1 Å². The molecule has 1 aliphatic rings. The number of benzene rings is 1. The van der Waals surface area contributed by atoms with Crippen molar-refractivity contribution < 1.29 is 13.9 Å². The highest BCUT2D eigenvalue weighted by molar-refractivity contribution is 5.80. The van der Waals surface area contributed by atoms with Crippen LogP contribution >= 0.6 is 0 Å². The van der Waals surface area contributed by atoms with Crippen LogP contribution < -0.4 is 10.6 Å². The molecule has 0 bridgehead atoms. The van der Waals surface area contributed by atoms with E-state index in [-0.39, 0.29) is 24.5 Å². The first kappa shape index (κ1) is 18.5. The van der Waals surface area contributed by atoms with E-state index in [0.717, 1.165) is 12.8 Å².